The van der Waals surface area contributed by atoms with Crippen LogP contribution in [0.4, 0.5) is 13.2 Å². The number of nitrogens with zero attached hydrogens (tertiary/aromatic N) is 1. The van der Waals surface area contributed by atoms with Crippen LogP contribution in [-0.4, -0.2) is 22.1 Å². The summed E-state index contributed by atoms with van der Waals surface area (Å²) in [4.78, 5) is 14.8. The number of rotatable bonds is 4. The van der Waals surface area contributed by atoms with Crippen molar-refractivity contribution < 1.29 is 43.2 Å². The van der Waals surface area contributed by atoms with E-state index in [9.17, 15) is 18.0 Å². The zero-order valence-electron chi connectivity index (χ0n) is 25.2. The molecule has 5 rings (SSSR count). The summed E-state index contributed by atoms with van der Waals surface area (Å²) in [6.45, 7) is 12.0. The van der Waals surface area contributed by atoms with Crippen LogP contribution in [-0.2, 0) is 36.7 Å². The number of allylic oxidation sites excluding steroid dienone is 2. The van der Waals surface area contributed by atoms with Gasteiger partial charge < -0.3 is 5.11 Å². The van der Waals surface area contributed by atoms with Crippen LogP contribution in [0.2, 0.25) is 0 Å². The number of pyridine rings is 1. The van der Waals surface area contributed by atoms with Crippen LogP contribution in [0.5, 0.6) is 0 Å². The van der Waals surface area contributed by atoms with Crippen molar-refractivity contribution in [2.24, 2.45) is 5.41 Å². The number of benzene rings is 3. The molecule has 0 aliphatic carbocycles. The molecule has 0 spiro atoms. The van der Waals surface area contributed by atoms with Gasteiger partial charge >= 0.3 is 6.18 Å². The Morgan fingerprint density at radius 3 is 2.21 bits per heavy atom. The fourth-order valence-electron chi connectivity index (χ4n) is 4.93. The molecule has 2 aromatic heterocycles. The maximum atomic E-state index is 13.5. The van der Waals surface area contributed by atoms with Crippen molar-refractivity contribution in [1.29, 1.82) is 0 Å². The molecule has 229 valence electrons. The molecule has 1 radical (unpaired) electrons. The summed E-state index contributed by atoms with van der Waals surface area (Å²) in [5.74, 6) is -0.0625. The van der Waals surface area contributed by atoms with E-state index in [1.54, 1.807) is 11.3 Å². The predicted molar refractivity (Wildman–Crippen MR) is 168 cm³/mol. The Morgan fingerprint density at radius 1 is 0.953 bits per heavy atom. The Kier molecular flexibility index (Phi) is 10.3. The molecule has 3 aromatic carbocycles. The van der Waals surface area contributed by atoms with E-state index in [2.05, 4.69) is 45.0 Å². The number of hydrogen-bond donors (Lipinski definition) is 1. The zero-order valence-corrected chi connectivity index (χ0v) is 28.4. The van der Waals surface area contributed by atoms with Crippen molar-refractivity contribution >= 4 is 48.1 Å². The zero-order chi connectivity index (χ0) is 31.0. The van der Waals surface area contributed by atoms with Gasteiger partial charge in [-0.3, -0.25) is 9.78 Å². The topological polar surface area (TPSA) is 50.2 Å². The quantitative estimate of drug-likeness (QED) is 0.112. The van der Waals surface area contributed by atoms with E-state index >= 15 is 0 Å². The van der Waals surface area contributed by atoms with Gasteiger partial charge in [0.25, 0.3) is 0 Å². The van der Waals surface area contributed by atoms with Crippen LogP contribution in [0.3, 0.4) is 0 Å². The molecule has 0 aliphatic rings. The Balaban J connectivity index is 0.000000567. The predicted octanol–water partition coefficient (Wildman–Crippen LogP) is 10.5. The van der Waals surface area contributed by atoms with E-state index in [1.807, 2.05) is 42.6 Å². The van der Waals surface area contributed by atoms with Crippen molar-refractivity contribution in [3.05, 3.63) is 89.8 Å². The number of carbonyl (C=O) groups excluding carboxylic acids is 1. The number of alkyl halides is 3. The molecule has 3 nitrogen and oxygen atoms in total. The molecule has 0 atom stereocenters. The van der Waals surface area contributed by atoms with Crippen LogP contribution in [0.1, 0.15) is 59.6 Å². The molecule has 0 unspecified atom stereocenters. The average Bonchev–Trinajstić information content (AvgIpc) is 3.24. The molecule has 0 saturated carbocycles. The maximum absolute atomic E-state index is 13.5. The Morgan fingerprint density at radius 2 is 1.63 bits per heavy atom. The van der Waals surface area contributed by atoms with E-state index < -0.39 is 11.6 Å². The molecule has 0 saturated heterocycles. The summed E-state index contributed by atoms with van der Waals surface area (Å²) < 4.78 is 42.4. The van der Waals surface area contributed by atoms with Crippen molar-refractivity contribution in [3.63, 3.8) is 0 Å². The minimum Gasteiger partial charge on any atom is -0.512 e. The first-order valence-electron chi connectivity index (χ1n) is 13.7. The Bertz CT molecular complexity index is 1810. The first kappa shape index (κ1) is 34.4. The first-order valence-corrected chi connectivity index (χ1v) is 14.5. The fourth-order valence-corrected chi connectivity index (χ4v) is 6.20. The van der Waals surface area contributed by atoms with E-state index in [4.69, 9.17) is 10.1 Å². The first-order chi connectivity index (χ1) is 19.5. The molecule has 0 aliphatic heterocycles. The standard InChI is InChI=1S/C30H27F3NS.C5H8O2.Ir/c1-28(2,3)24-16-20(15-19-8-6-7-9-21(19)24)26-27-23(12-13-34-26)22-11-10-18(14-25(22)35-27)17-29(4,5)30(31,32)33;1-4(6)3-5(2)7;/h6-14,16H,17H2,1-5H3;3,6H,1-2H3;/q-1;;/b;4-3-;. The van der Waals surface area contributed by atoms with Crippen LogP contribution in [0, 0.1) is 11.5 Å². The van der Waals surface area contributed by atoms with Crippen molar-refractivity contribution in [2.75, 3.05) is 0 Å². The molecule has 0 bridgehead atoms. The molecular weight excluding hydrogens is 748 g/mol. The van der Waals surface area contributed by atoms with Gasteiger partial charge in [-0.1, -0.05) is 75.9 Å². The fraction of sp³-hybridized carbons (Fsp3) is 0.314. The number of aliphatic hydroxyl groups excluding tert-OH is 1. The normalized spacial score (nSPS) is 12.7. The summed E-state index contributed by atoms with van der Waals surface area (Å²) in [7, 11) is 0. The van der Waals surface area contributed by atoms with Gasteiger partial charge in [-0.25, -0.2) is 0 Å². The summed E-state index contributed by atoms with van der Waals surface area (Å²) in [6.07, 6.45) is -1.33. The largest absolute Gasteiger partial charge is 0.512 e. The van der Waals surface area contributed by atoms with Crippen LogP contribution in [0.25, 0.3) is 42.2 Å². The summed E-state index contributed by atoms with van der Waals surface area (Å²) >= 11 is 1.59. The third-order valence-electron chi connectivity index (χ3n) is 7.12. The third kappa shape index (κ3) is 7.72. The van der Waals surface area contributed by atoms with Crippen molar-refractivity contribution in [3.8, 4) is 11.3 Å². The number of hydrogen-bond acceptors (Lipinski definition) is 4. The smallest absolute Gasteiger partial charge is 0.394 e. The molecule has 0 fully saturated rings. The third-order valence-corrected chi connectivity index (χ3v) is 8.29. The number of halogens is 3. The summed E-state index contributed by atoms with van der Waals surface area (Å²) in [5.41, 5.74) is 1.87. The van der Waals surface area contributed by atoms with Gasteiger partial charge in [-0.15, -0.1) is 40.5 Å². The number of thiophene rings is 1. The second-order valence-electron chi connectivity index (χ2n) is 12.3. The molecule has 5 aromatic rings. The van der Waals surface area contributed by atoms with Gasteiger partial charge in [0.05, 0.1) is 11.2 Å². The molecular formula is C35H35F3IrNO2S-. The van der Waals surface area contributed by atoms with E-state index in [0.717, 1.165) is 36.8 Å². The van der Waals surface area contributed by atoms with Crippen molar-refractivity contribution in [2.45, 2.75) is 66.5 Å². The van der Waals surface area contributed by atoms with Gasteiger partial charge in [0, 0.05) is 47.5 Å². The number of aromatic nitrogens is 1. The molecule has 2 heterocycles. The van der Waals surface area contributed by atoms with Gasteiger partial charge in [-0.2, -0.15) is 13.2 Å². The SMILES string of the molecule is CC(=O)/C=C(/C)O.CC(C)(C)c1cc(-c2nccc3c2sc2cc(CC(C)(C)C(F)(F)F)ccc23)[c-]c2ccccc12.[Ir]. The van der Waals surface area contributed by atoms with Crippen LogP contribution >= 0.6 is 11.3 Å². The maximum Gasteiger partial charge on any atom is 0.394 e. The van der Waals surface area contributed by atoms with Gasteiger partial charge in [0.15, 0.2) is 5.78 Å². The monoisotopic (exact) mass is 783 g/mol. The molecule has 43 heavy (non-hydrogen) atoms. The molecule has 1 N–H and O–H groups in total. The average molecular weight is 783 g/mol. The molecule has 0 amide bonds. The summed E-state index contributed by atoms with van der Waals surface area (Å²) in [5, 5.41) is 12.7. The van der Waals surface area contributed by atoms with Gasteiger partial charge in [0.1, 0.15) is 0 Å². The second-order valence-corrected chi connectivity index (χ2v) is 13.4. The minimum absolute atomic E-state index is 0. The second kappa shape index (κ2) is 12.9. The number of ketones is 1. The number of fused-ring (bicyclic) bond motifs is 4. The minimum atomic E-state index is -4.25. The molecule has 8 heteroatoms. The number of aliphatic hydroxyl groups is 1. The van der Waals surface area contributed by atoms with Gasteiger partial charge in [-0.05, 0) is 54.2 Å². The Hall–Kier alpha value is -3.06. The number of carbonyl (C=O) groups is 1. The van der Waals surface area contributed by atoms with Crippen molar-refractivity contribution in [1.82, 2.24) is 4.98 Å². The Labute approximate surface area is 268 Å². The van der Waals surface area contributed by atoms with E-state index in [0.29, 0.717) is 5.56 Å². The van der Waals surface area contributed by atoms with E-state index in [-0.39, 0.29) is 43.5 Å². The summed E-state index contributed by atoms with van der Waals surface area (Å²) in [6, 6.07) is 21.7. The van der Waals surface area contributed by atoms with E-state index in [1.165, 1.54) is 44.7 Å². The van der Waals surface area contributed by atoms with Crippen LogP contribution < -0.4 is 0 Å². The van der Waals surface area contributed by atoms with Gasteiger partial charge in [0.2, 0.25) is 0 Å². The van der Waals surface area contributed by atoms with Crippen LogP contribution in [0.15, 0.2) is 72.6 Å².